The summed E-state index contributed by atoms with van der Waals surface area (Å²) in [6, 6.07) is 5.13. The van der Waals surface area contributed by atoms with Crippen LogP contribution in [0.3, 0.4) is 0 Å². The molecule has 14 heavy (non-hydrogen) atoms. The Bertz CT molecular complexity index is 487. The van der Waals surface area contributed by atoms with E-state index in [1.807, 2.05) is 0 Å². The highest BCUT2D eigenvalue weighted by atomic mass is 16.3. The van der Waals surface area contributed by atoms with Gasteiger partial charge in [-0.05, 0) is 17.7 Å². The Morgan fingerprint density at radius 1 is 1.50 bits per heavy atom. The zero-order valence-corrected chi connectivity index (χ0v) is 7.36. The van der Waals surface area contributed by atoms with Crippen molar-refractivity contribution in [1.29, 1.82) is 0 Å². The molecule has 72 valence electrons. The molecule has 0 bridgehead atoms. The number of primary amides is 1. The lowest BCUT2D eigenvalue weighted by Gasteiger charge is -1.95. The van der Waals surface area contributed by atoms with Crippen molar-refractivity contribution >= 4 is 16.9 Å². The average molecular weight is 191 g/mol. The molecule has 0 atom stereocenters. The van der Waals surface area contributed by atoms with Crippen molar-refractivity contribution in [3.63, 3.8) is 0 Å². The van der Waals surface area contributed by atoms with E-state index in [-0.39, 0.29) is 6.61 Å². The Kier molecular flexibility index (Phi) is 1.98. The van der Waals surface area contributed by atoms with Crippen molar-refractivity contribution in [3.05, 3.63) is 35.6 Å². The first kappa shape index (κ1) is 8.77. The molecule has 2 rings (SSSR count). The largest absolute Gasteiger partial charge is 0.463 e. The number of benzene rings is 1. The second kappa shape index (κ2) is 3.16. The van der Waals surface area contributed by atoms with Crippen molar-refractivity contribution in [1.82, 2.24) is 0 Å². The summed E-state index contributed by atoms with van der Waals surface area (Å²) in [5.74, 6) is -0.529. The predicted octanol–water partition coefficient (Wildman–Crippen LogP) is 1.02. The summed E-state index contributed by atoms with van der Waals surface area (Å²) in [6.07, 6.45) is 1.33. The van der Waals surface area contributed by atoms with Crippen molar-refractivity contribution in [3.8, 4) is 0 Å². The predicted molar refractivity (Wildman–Crippen MR) is 50.7 cm³/mol. The van der Waals surface area contributed by atoms with Gasteiger partial charge < -0.3 is 15.3 Å². The third-order valence-corrected chi connectivity index (χ3v) is 2.09. The van der Waals surface area contributed by atoms with Crippen LogP contribution in [0.15, 0.2) is 28.9 Å². The molecular weight excluding hydrogens is 182 g/mol. The summed E-state index contributed by atoms with van der Waals surface area (Å²) >= 11 is 0. The van der Waals surface area contributed by atoms with Crippen LogP contribution in [-0.2, 0) is 6.61 Å². The van der Waals surface area contributed by atoms with Gasteiger partial charge in [0.1, 0.15) is 11.8 Å². The molecule has 0 aliphatic carbocycles. The number of nitrogens with two attached hydrogens (primary N) is 1. The van der Waals surface area contributed by atoms with Crippen LogP contribution in [0.25, 0.3) is 11.0 Å². The minimum atomic E-state index is -0.529. The molecule has 1 amide bonds. The lowest BCUT2D eigenvalue weighted by Crippen LogP contribution is -2.09. The maximum Gasteiger partial charge on any atom is 0.252 e. The molecule has 0 aliphatic rings. The fourth-order valence-corrected chi connectivity index (χ4v) is 1.37. The molecule has 0 fully saturated rings. The highest BCUT2D eigenvalue weighted by molar-refractivity contribution is 6.05. The van der Waals surface area contributed by atoms with Crippen LogP contribution < -0.4 is 5.73 Å². The molecule has 1 heterocycles. The Hall–Kier alpha value is -1.81. The van der Waals surface area contributed by atoms with E-state index in [4.69, 9.17) is 15.3 Å². The molecule has 4 heteroatoms. The Morgan fingerprint density at radius 3 is 2.93 bits per heavy atom. The molecule has 0 unspecified atom stereocenters. The molecule has 0 radical (unpaired) electrons. The normalized spacial score (nSPS) is 10.6. The number of fused-ring (bicyclic) bond motifs is 1. The van der Waals surface area contributed by atoms with Gasteiger partial charge in [0, 0.05) is 5.39 Å². The molecular formula is C10H9NO3. The Balaban J connectivity index is 2.69. The average Bonchev–Trinajstić information content (AvgIpc) is 2.59. The molecule has 0 saturated carbocycles. The molecule has 1 aromatic heterocycles. The third-order valence-electron chi connectivity index (χ3n) is 2.09. The van der Waals surface area contributed by atoms with Crippen LogP contribution in [0.4, 0.5) is 0 Å². The zero-order valence-electron chi connectivity index (χ0n) is 7.36. The van der Waals surface area contributed by atoms with E-state index in [1.54, 1.807) is 18.2 Å². The van der Waals surface area contributed by atoms with Crippen molar-refractivity contribution in [2.75, 3.05) is 0 Å². The molecule has 3 N–H and O–H groups in total. The number of furan rings is 1. The number of aliphatic hydroxyl groups excluding tert-OH is 1. The van der Waals surface area contributed by atoms with Crippen LogP contribution in [0.1, 0.15) is 15.9 Å². The second-order valence-electron chi connectivity index (χ2n) is 3.00. The number of hydrogen-bond donors (Lipinski definition) is 2. The number of carbonyl (C=O) groups excluding carboxylic acids is 1. The van der Waals surface area contributed by atoms with E-state index in [2.05, 4.69) is 0 Å². The van der Waals surface area contributed by atoms with Gasteiger partial charge in [0.25, 0.3) is 5.91 Å². The summed E-state index contributed by atoms with van der Waals surface area (Å²) < 4.78 is 5.13. The van der Waals surface area contributed by atoms with Gasteiger partial charge in [-0.1, -0.05) is 6.07 Å². The molecule has 2 aromatic rings. The van der Waals surface area contributed by atoms with Crippen LogP contribution >= 0.6 is 0 Å². The van der Waals surface area contributed by atoms with Gasteiger partial charge in [-0.15, -0.1) is 0 Å². The van der Waals surface area contributed by atoms with Gasteiger partial charge in [0.2, 0.25) is 0 Å². The van der Waals surface area contributed by atoms with Gasteiger partial charge in [-0.2, -0.15) is 0 Å². The maximum atomic E-state index is 11.0. The van der Waals surface area contributed by atoms with Gasteiger partial charge in [0.15, 0.2) is 0 Å². The SMILES string of the molecule is NC(=O)c1coc2ccc(CO)cc12. The summed E-state index contributed by atoms with van der Waals surface area (Å²) in [4.78, 5) is 11.0. The van der Waals surface area contributed by atoms with Gasteiger partial charge in [0.05, 0.1) is 12.2 Å². The number of rotatable bonds is 2. The summed E-state index contributed by atoms with van der Waals surface area (Å²) in [5.41, 5.74) is 6.81. The van der Waals surface area contributed by atoms with Crippen LogP contribution in [-0.4, -0.2) is 11.0 Å². The molecule has 0 saturated heterocycles. The van der Waals surface area contributed by atoms with E-state index in [0.29, 0.717) is 16.5 Å². The first-order valence-corrected chi connectivity index (χ1v) is 4.13. The molecule has 4 nitrogen and oxygen atoms in total. The summed E-state index contributed by atoms with van der Waals surface area (Å²) in [7, 11) is 0. The minimum Gasteiger partial charge on any atom is -0.463 e. The van der Waals surface area contributed by atoms with Gasteiger partial charge in [-0.25, -0.2) is 0 Å². The Labute approximate surface area is 79.9 Å². The van der Waals surface area contributed by atoms with Crippen LogP contribution in [0.5, 0.6) is 0 Å². The van der Waals surface area contributed by atoms with Gasteiger partial charge in [-0.3, -0.25) is 4.79 Å². The third kappa shape index (κ3) is 1.25. The summed E-state index contributed by atoms with van der Waals surface area (Å²) in [5, 5.41) is 9.56. The maximum absolute atomic E-state index is 11.0. The first-order chi connectivity index (χ1) is 6.72. The van der Waals surface area contributed by atoms with Gasteiger partial charge >= 0.3 is 0 Å². The number of carbonyl (C=O) groups is 1. The van der Waals surface area contributed by atoms with E-state index in [9.17, 15) is 4.79 Å². The second-order valence-corrected chi connectivity index (χ2v) is 3.00. The summed E-state index contributed by atoms with van der Waals surface area (Å²) in [6.45, 7) is -0.0701. The standard InChI is InChI=1S/C10H9NO3/c11-10(13)8-5-14-9-2-1-6(4-12)3-7(8)9/h1-3,5,12H,4H2,(H2,11,13). The number of amides is 1. The monoisotopic (exact) mass is 191 g/mol. The Morgan fingerprint density at radius 2 is 2.29 bits per heavy atom. The quantitative estimate of drug-likeness (QED) is 0.744. The van der Waals surface area contributed by atoms with Crippen molar-refractivity contribution in [2.45, 2.75) is 6.61 Å². The fourth-order valence-electron chi connectivity index (χ4n) is 1.37. The van der Waals surface area contributed by atoms with E-state index >= 15 is 0 Å². The highest BCUT2D eigenvalue weighted by Gasteiger charge is 2.10. The molecule has 0 aliphatic heterocycles. The first-order valence-electron chi connectivity index (χ1n) is 4.13. The minimum absolute atomic E-state index is 0.0701. The smallest absolute Gasteiger partial charge is 0.252 e. The van der Waals surface area contributed by atoms with Crippen molar-refractivity contribution < 1.29 is 14.3 Å². The highest BCUT2D eigenvalue weighted by Crippen LogP contribution is 2.22. The number of aliphatic hydroxyl groups is 1. The lowest BCUT2D eigenvalue weighted by molar-refractivity contribution is 0.100. The van der Waals surface area contributed by atoms with Crippen LogP contribution in [0.2, 0.25) is 0 Å². The molecule has 0 spiro atoms. The van der Waals surface area contributed by atoms with Crippen LogP contribution in [0, 0.1) is 0 Å². The fraction of sp³-hybridized carbons (Fsp3) is 0.100. The van der Waals surface area contributed by atoms with E-state index in [1.165, 1.54) is 6.26 Å². The van der Waals surface area contributed by atoms with Crippen molar-refractivity contribution in [2.24, 2.45) is 5.73 Å². The van der Waals surface area contributed by atoms with E-state index in [0.717, 1.165) is 5.56 Å². The van der Waals surface area contributed by atoms with E-state index < -0.39 is 5.91 Å². The number of hydrogen-bond acceptors (Lipinski definition) is 3. The molecule has 1 aromatic carbocycles. The zero-order chi connectivity index (χ0) is 10.1. The topological polar surface area (TPSA) is 76.5 Å². The lowest BCUT2D eigenvalue weighted by atomic mass is 10.1.